The largest absolute Gasteiger partial charge is 0.448 e. The standard InChI is InChI=1S/C16H21N3O4/c1-10-7-13(11(2)19(10)5-6-22-4)8-14(9-17)16(21)23-12(3)15(18)20/h7-8,12H,5-6H2,1-4H3,(H2,18,20)/b14-8+/t12-/m1/s1. The molecule has 7 heteroatoms. The van der Waals surface area contributed by atoms with Crippen LogP contribution in [0.4, 0.5) is 0 Å². The van der Waals surface area contributed by atoms with Crippen LogP contribution in [-0.2, 0) is 25.6 Å². The van der Waals surface area contributed by atoms with E-state index in [1.807, 2.05) is 24.5 Å². The SMILES string of the molecule is COCCn1c(C)cc(/C=C(\C#N)C(=O)O[C@H](C)C(N)=O)c1C. The van der Waals surface area contributed by atoms with Crippen molar-refractivity contribution in [2.75, 3.05) is 13.7 Å². The lowest BCUT2D eigenvalue weighted by Crippen LogP contribution is -2.30. The molecule has 1 aromatic rings. The first-order valence-electron chi connectivity index (χ1n) is 7.09. The van der Waals surface area contributed by atoms with E-state index in [0.717, 1.165) is 17.0 Å². The third kappa shape index (κ3) is 4.69. The van der Waals surface area contributed by atoms with Crippen LogP contribution in [0.15, 0.2) is 11.6 Å². The van der Waals surface area contributed by atoms with E-state index in [-0.39, 0.29) is 5.57 Å². The van der Waals surface area contributed by atoms with E-state index < -0.39 is 18.0 Å². The molecular formula is C16H21N3O4. The zero-order chi connectivity index (χ0) is 17.6. The third-order valence-electron chi connectivity index (χ3n) is 3.46. The second-order valence-corrected chi connectivity index (χ2v) is 5.09. The van der Waals surface area contributed by atoms with Crippen LogP contribution in [0.3, 0.4) is 0 Å². The van der Waals surface area contributed by atoms with Crippen molar-refractivity contribution in [2.45, 2.75) is 33.4 Å². The van der Waals surface area contributed by atoms with Gasteiger partial charge in [0, 0.05) is 25.0 Å². The average molecular weight is 319 g/mol. The molecule has 0 aromatic carbocycles. The predicted molar refractivity (Wildman–Crippen MR) is 84.1 cm³/mol. The fourth-order valence-electron chi connectivity index (χ4n) is 2.07. The van der Waals surface area contributed by atoms with Gasteiger partial charge in [0.15, 0.2) is 6.10 Å². The maximum Gasteiger partial charge on any atom is 0.349 e. The van der Waals surface area contributed by atoms with Gasteiger partial charge in [-0.25, -0.2) is 4.79 Å². The molecule has 0 saturated carbocycles. The Hall–Kier alpha value is -2.59. The minimum absolute atomic E-state index is 0.190. The normalized spacial score (nSPS) is 12.6. The van der Waals surface area contributed by atoms with E-state index in [4.69, 9.17) is 20.5 Å². The lowest BCUT2D eigenvalue weighted by Gasteiger charge is -2.09. The summed E-state index contributed by atoms with van der Waals surface area (Å²) in [7, 11) is 1.62. The third-order valence-corrected chi connectivity index (χ3v) is 3.46. The summed E-state index contributed by atoms with van der Waals surface area (Å²) in [6.07, 6.45) is 0.357. The first-order chi connectivity index (χ1) is 10.8. The summed E-state index contributed by atoms with van der Waals surface area (Å²) in [5.74, 6) is -1.64. The van der Waals surface area contributed by atoms with E-state index in [9.17, 15) is 9.59 Å². The molecule has 0 aliphatic rings. The molecule has 0 radical (unpaired) electrons. The van der Waals surface area contributed by atoms with Crippen molar-refractivity contribution in [1.82, 2.24) is 4.57 Å². The Morgan fingerprint density at radius 1 is 1.48 bits per heavy atom. The minimum atomic E-state index is -1.09. The van der Waals surface area contributed by atoms with Crippen LogP contribution >= 0.6 is 0 Å². The number of nitrogens with two attached hydrogens (primary N) is 1. The van der Waals surface area contributed by atoms with E-state index in [1.54, 1.807) is 13.2 Å². The number of rotatable bonds is 7. The highest BCUT2D eigenvalue weighted by Gasteiger charge is 2.19. The number of methoxy groups -OCH3 is 1. The van der Waals surface area contributed by atoms with E-state index in [1.165, 1.54) is 13.0 Å². The summed E-state index contributed by atoms with van der Waals surface area (Å²) in [5.41, 5.74) is 7.48. The zero-order valence-corrected chi connectivity index (χ0v) is 13.8. The van der Waals surface area contributed by atoms with Crippen LogP contribution in [0, 0.1) is 25.2 Å². The van der Waals surface area contributed by atoms with Gasteiger partial charge >= 0.3 is 5.97 Å². The quantitative estimate of drug-likeness (QED) is 0.459. The highest BCUT2D eigenvalue weighted by molar-refractivity contribution is 5.99. The summed E-state index contributed by atoms with van der Waals surface area (Å²) < 4.78 is 11.9. The molecule has 124 valence electrons. The molecule has 1 amide bonds. The van der Waals surface area contributed by atoms with Crippen LogP contribution in [0.1, 0.15) is 23.9 Å². The fourth-order valence-corrected chi connectivity index (χ4v) is 2.07. The molecule has 1 rings (SSSR count). The number of esters is 1. The first kappa shape index (κ1) is 18.5. The smallest absolute Gasteiger partial charge is 0.349 e. The highest BCUT2D eigenvalue weighted by Crippen LogP contribution is 2.19. The van der Waals surface area contributed by atoms with Gasteiger partial charge in [0.25, 0.3) is 5.91 Å². The van der Waals surface area contributed by atoms with Crippen molar-refractivity contribution in [1.29, 1.82) is 5.26 Å². The number of carbonyl (C=O) groups is 2. The number of hydrogen-bond donors (Lipinski definition) is 1. The van der Waals surface area contributed by atoms with Crippen molar-refractivity contribution in [3.8, 4) is 6.07 Å². The van der Waals surface area contributed by atoms with Crippen LogP contribution in [0.5, 0.6) is 0 Å². The highest BCUT2D eigenvalue weighted by atomic mass is 16.5. The van der Waals surface area contributed by atoms with Gasteiger partial charge in [-0.3, -0.25) is 4.79 Å². The van der Waals surface area contributed by atoms with Gasteiger partial charge in [-0.15, -0.1) is 0 Å². The summed E-state index contributed by atoms with van der Waals surface area (Å²) in [4.78, 5) is 22.9. The van der Waals surface area contributed by atoms with Crippen LogP contribution in [-0.4, -0.2) is 36.3 Å². The monoisotopic (exact) mass is 319 g/mol. The van der Waals surface area contributed by atoms with Crippen molar-refractivity contribution in [3.63, 3.8) is 0 Å². The Kier molecular flexibility index (Phi) is 6.54. The molecule has 1 atom stereocenters. The summed E-state index contributed by atoms with van der Waals surface area (Å²) in [6.45, 7) is 6.40. The Labute approximate surface area is 135 Å². The Morgan fingerprint density at radius 2 is 2.13 bits per heavy atom. The predicted octanol–water partition coefficient (Wildman–Crippen LogP) is 1.08. The second kappa shape index (κ2) is 8.15. The number of aryl methyl sites for hydroxylation is 1. The molecule has 0 aliphatic carbocycles. The molecule has 0 spiro atoms. The number of nitrogens with zero attached hydrogens (tertiary/aromatic N) is 2. The number of hydrogen-bond acceptors (Lipinski definition) is 5. The average Bonchev–Trinajstić information content (AvgIpc) is 2.76. The van der Waals surface area contributed by atoms with Crippen molar-refractivity contribution in [2.24, 2.45) is 5.73 Å². The van der Waals surface area contributed by atoms with Gasteiger partial charge in [-0.1, -0.05) is 0 Å². The molecule has 1 heterocycles. The summed E-state index contributed by atoms with van der Waals surface area (Å²) in [5, 5.41) is 9.16. The van der Waals surface area contributed by atoms with Crippen LogP contribution in [0.25, 0.3) is 6.08 Å². The van der Waals surface area contributed by atoms with E-state index in [0.29, 0.717) is 13.2 Å². The number of ether oxygens (including phenoxy) is 2. The molecular weight excluding hydrogens is 298 g/mol. The van der Waals surface area contributed by atoms with Gasteiger partial charge in [0.1, 0.15) is 11.6 Å². The van der Waals surface area contributed by atoms with E-state index in [2.05, 4.69) is 0 Å². The molecule has 0 aliphatic heterocycles. The van der Waals surface area contributed by atoms with Crippen molar-refractivity contribution < 1.29 is 19.1 Å². The number of carbonyl (C=O) groups excluding carboxylic acids is 2. The first-order valence-corrected chi connectivity index (χ1v) is 7.09. The number of nitriles is 1. The molecule has 23 heavy (non-hydrogen) atoms. The van der Waals surface area contributed by atoms with E-state index >= 15 is 0 Å². The maximum atomic E-state index is 11.9. The topological polar surface area (TPSA) is 107 Å². The van der Waals surface area contributed by atoms with Gasteiger partial charge in [-0.05, 0) is 38.5 Å². The van der Waals surface area contributed by atoms with Crippen LogP contribution in [0.2, 0.25) is 0 Å². The number of amides is 1. The molecule has 0 unspecified atom stereocenters. The zero-order valence-electron chi connectivity index (χ0n) is 13.8. The van der Waals surface area contributed by atoms with Crippen LogP contribution < -0.4 is 5.73 Å². The Bertz CT molecular complexity index is 668. The molecule has 1 aromatic heterocycles. The lowest BCUT2D eigenvalue weighted by atomic mass is 10.1. The van der Waals surface area contributed by atoms with Gasteiger partial charge in [0.05, 0.1) is 6.61 Å². The number of primary amides is 1. The molecule has 0 fully saturated rings. The van der Waals surface area contributed by atoms with Crippen molar-refractivity contribution >= 4 is 18.0 Å². The number of aromatic nitrogens is 1. The van der Waals surface area contributed by atoms with Gasteiger partial charge in [-0.2, -0.15) is 5.26 Å². The molecule has 0 bridgehead atoms. The summed E-state index contributed by atoms with van der Waals surface area (Å²) in [6, 6.07) is 3.66. The van der Waals surface area contributed by atoms with Crippen molar-refractivity contribution in [3.05, 3.63) is 28.6 Å². The van der Waals surface area contributed by atoms with Gasteiger partial charge in [0.2, 0.25) is 0 Å². The Balaban J connectivity index is 3.05. The molecule has 7 nitrogen and oxygen atoms in total. The maximum absolute atomic E-state index is 11.9. The minimum Gasteiger partial charge on any atom is -0.448 e. The van der Waals surface area contributed by atoms with Gasteiger partial charge < -0.3 is 19.8 Å². The lowest BCUT2D eigenvalue weighted by molar-refractivity contribution is -0.149. The Morgan fingerprint density at radius 3 is 2.65 bits per heavy atom. The fraction of sp³-hybridized carbons (Fsp3) is 0.438. The second-order valence-electron chi connectivity index (χ2n) is 5.09. The molecule has 2 N–H and O–H groups in total. The molecule has 0 saturated heterocycles. The summed E-state index contributed by atoms with van der Waals surface area (Å²) >= 11 is 0.